The number of benzene rings is 1. The summed E-state index contributed by atoms with van der Waals surface area (Å²) in [7, 11) is -3.62. The Balaban J connectivity index is 2.06. The number of nitrogens with one attached hydrogen (secondary N) is 1. The van der Waals surface area contributed by atoms with Crippen molar-refractivity contribution in [1.29, 1.82) is 0 Å². The minimum atomic E-state index is -3.62. The van der Waals surface area contributed by atoms with E-state index in [0.717, 1.165) is 28.9 Å². The summed E-state index contributed by atoms with van der Waals surface area (Å²) in [5.41, 5.74) is 2.31. The molecule has 0 aliphatic rings. The molecule has 0 aliphatic heterocycles. The highest BCUT2D eigenvalue weighted by Gasteiger charge is 2.32. The number of thioether (sulfide) groups is 1. The summed E-state index contributed by atoms with van der Waals surface area (Å²) < 4.78 is 31.6. The quantitative estimate of drug-likeness (QED) is 0.591. The van der Waals surface area contributed by atoms with Crippen molar-refractivity contribution in [2.24, 2.45) is 0 Å². The fourth-order valence-electron chi connectivity index (χ4n) is 2.92. The average Bonchev–Trinajstić information content (AvgIpc) is 3.14. The van der Waals surface area contributed by atoms with E-state index in [0.29, 0.717) is 24.4 Å². The molecule has 6 nitrogen and oxygen atoms in total. The minimum Gasteiger partial charge on any atom is -0.468 e. The van der Waals surface area contributed by atoms with Gasteiger partial charge in [-0.15, -0.1) is 0 Å². The Kier molecular flexibility index (Phi) is 8.00. The maximum Gasteiger partial charge on any atom is 0.243 e. The second-order valence-corrected chi connectivity index (χ2v) is 9.66. The standard InChI is InChI=1S/C20H28N2O4S2/c1-5-18(20(23)21-10-12-27-14-17-7-6-11-26-17)22(28(4,24)25)19-13-15(2)8-9-16(19)3/h6-9,11,13,18H,5,10,12,14H2,1-4H3,(H,21,23)/t18-/m0/s1. The lowest BCUT2D eigenvalue weighted by Gasteiger charge is -2.31. The predicted molar refractivity (Wildman–Crippen MR) is 115 cm³/mol. The maximum atomic E-state index is 12.8. The van der Waals surface area contributed by atoms with Crippen LogP contribution in [0.4, 0.5) is 5.69 Å². The molecule has 0 radical (unpaired) electrons. The van der Waals surface area contributed by atoms with Crippen LogP contribution in [0.3, 0.4) is 0 Å². The summed E-state index contributed by atoms with van der Waals surface area (Å²) in [4.78, 5) is 12.8. The second-order valence-electron chi connectivity index (χ2n) is 6.70. The van der Waals surface area contributed by atoms with Crippen molar-refractivity contribution in [3.8, 4) is 0 Å². The highest BCUT2D eigenvalue weighted by Crippen LogP contribution is 2.27. The molecule has 0 saturated carbocycles. The van der Waals surface area contributed by atoms with Crippen LogP contribution >= 0.6 is 11.8 Å². The van der Waals surface area contributed by atoms with E-state index in [-0.39, 0.29) is 5.91 Å². The first-order valence-corrected chi connectivity index (χ1v) is 12.2. The lowest BCUT2D eigenvalue weighted by Crippen LogP contribution is -2.50. The molecule has 0 aliphatic carbocycles. The Morgan fingerprint density at radius 1 is 1.29 bits per heavy atom. The SMILES string of the molecule is CC[C@@H](C(=O)NCCSCc1ccco1)N(c1cc(C)ccc1C)S(C)(=O)=O. The first kappa shape index (κ1) is 22.4. The molecule has 28 heavy (non-hydrogen) atoms. The summed E-state index contributed by atoms with van der Waals surface area (Å²) in [6.45, 7) is 6.04. The van der Waals surface area contributed by atoms with Crippen LogP contribution in [0.1, 0.15) is 30.2 Å². The van der Waals surface area contributed by atoms with Crippen LogP contribution in [0.25, 0.3) is 0 Å². The van der Waals surface area contributed by atoms with Crippen LogP contribution in [0.5, 0.6) is 0 Å². The predicted octanol–water partition coefficient (Wildman–Crippen LogP) is 3.49. The number of nitrogens with zero attached hydrogens (tertiary/aromatic N) is 1. The number of carbonyl (C=O) groups excluding carboxylic acids is 1. The van der Waals surface area contributed by atoms with E-state index < -0.39 is 16.1 Å². The van der Waals surface area contributed by atoms with Gasteiger partial charge in [0, 0.05) is 12.3 Å². The fraction of sp³-hybridized carbons (Fsp3) is 0.450. The molecule has 0 bridgehead atoms. The maximum absolute atomic E-state index is 12.8. The van der Waals surface area contributed by atoms with Gasteiger partial charge in [0.2, 0.25) is 15.9 Å². The van der Waals surface area contributed by atoms with Crippen LogP contribution in [0.15, 0.2) is 41.0 Å². The summed E-state index contributed by atoms with van der Waals surface area (Å²) >= 11 is 1.65. The molecule has 2 aromatic rings. The van der Waals surface area contributed by atoms with E-state index in [4.69, 9.17) is 4.42 Å². The molecule has 2 rings (SSSR count). The second kappa shape index (κ2) is 10.0. The van der Waals surface area contributed by atoms with Crippen LogP contribution in [0, 0.1) is 13.8 Å². The van der Waals surface area contributed by atoms with Gasteiger partial charge >= 0.3 is 0 Å². The Morgan fingerprint density at radius 2 is 2.04 bits per heavy atom. The van der Waals surface area contributed by atoms with Crippen LogP contribution < -0.4 is 9.62 Å². The topological polar surface area (TPSA) is 79.6 Å². The number of aryl methyl sites for hydroxylation is 2. The molecule has 0 saturated heterocycles. The van der Waals surface area contributed by atoms with Crippen molar-refractivity contribution in [1.82, 2.24) is 5.32 Å². The number of carbonyl (C=O) groups is 1. The first-order chi connectivity index (χ1) is 13.2. The Labute approximate surface area is 171 Å². The first-order valence-electron chi connectivity index (χ1n) is 9.18. The molecule has 1 atom stereocenters. The number of hydrogen-bond donors (Lipinski definition) is 1. The van der Waals surface area contributed by atoms with Crippen molar-refractivity contribution in [3.05, 3.63) is 53.5 Å². The lowest BCUT2D eigenvalue weighted by molar-refractivity contribution is -0.122. The van der Waals surface area contributed by atoms with Gasteiger partial charge in [-0.1, -0.05) is 19.1 Å². The largest absolute Gasteiger partial charge is 0.468 e. The third-order valence-corrected chi connectivity index (χ3v) is 6.45. The molecule has 0 spiro atoms. The van der Waals surface area contributed by atoms with Crippen LogP contribution in [0.2, 0.25) is 0 Å². The summed E-state index contributed by atoms with van der Waals surface area (Å²) in [5.74, 6) is 2.05. The third-order valence-electron chi connectivity index (χ3n) is 4.30. The Morgan fingerprint density at radius 3 is 2.64 bits per heavy atom. The third kappa shape index (κ3) is 6.04. The number of amides is 1. The number of anilines is 1. The van der Waals surface area contributed by atoms with Gasteiger partial charge in [-0.05, 0) is 49.6 Å². The van der Waals surface area contributed by atoms with Gasteiger partial charge in [0.15, 0.2) is 0 Å². The van der Waals surface area contributed by atoms with Gasteiger partial charge in [-0.25, -0.2) is 8.42 Å². The Hall–Kier alpha value is -1.93. The molecular weight excluding hydrogens is 396 g/mol. The highest BCUT2D eigenvalue weighted by atomic mass is 32.2. The zero-order valence-corrected chi connectivity index (χ0v) is 18.4. The number of rotatable bonds is 10. The van der Waals surface area contributed by atoms with Gasteiger partial charge < -0.3 is 9.73 Å². The average molecular weight is 425 g/mol. The number of hydrogen-bond acceptors (Lipinski definition) is 5. The van der Waals surface area contributed by atoms with Gasteiger partial charge in [0.25, 0.3) is 0 Å². The molecule has 1 aromatic carbocycles. The fourth-order valence-corrected chi connectivity index (χ4v) is 4.94. The zero-order valence-electron chi connectivity index (χ0n) is 16.8. The van der Waals surface area contributed by atoms with Gasteiger partial charge in [0.1, 0.15) is 11.8 Å². The Bertz CT molecular complexity index is 880. The smallest absolute Gasteiger partial charge is 0.243 e. The van der Waals surface area contributed by atoms with E-state index in [2.05, 4.69) is 5.32 Å². The zero-order chi connectivity index (χ0) is 20.7. The van der Waals surface area contributed by atoms with Crippen molar-refractivity contribution in [3.63, 3.8) is 0 Å². The van der Waals surface area contributed by atoms with E-state index in [1.807, 2.05) is 51.1 Å². The van der Waals surface area contributed by atoms with Crippen molar-refractivity contribution >= 4 is 33.4 Å². The van der Waals surface area contributed by atoms with Crippen molar-refractivity contribution in [2.75, 3.05) is 22.9 Å². The summed E-state index contributed by atoms with van der Waals surface area (Å²) in [5, 5.41) is 2.87. The molecule has 8 heteroatoms. The molecule has 1 amide bonds. The highest BCUT2D eigenvalue weighted by molar-refractivity contribution is 7.98. The van der Waals surface area contributed by atoms with Gasteiger partial charge in [0.05, 0.1) is 24.0 Å². The molecule has 154 valence electrons. The van der Waals surface area contributed by atoms with Gasteiger partial charge in [-0.2, -0.15) is 11.8 Å². The van der Waals surface area contributed by atoms with Crippen molar-refractivity contribution < 1.29 is 17.6 Å². The molecule has 1 aromatic heterocycles. The van der Waals surface area contributed by atoms with Crippen molar-refractivity contribution in [2.45, 2.75) is 39.0 Å². The van der Waals surface area contributed by atoms with Gasteiger partial charge in [-0.3, -0.25) is 9.10 Å². The van der Waals surface area contributed by atoms with E-state index >= 15 is 0 Å². The van der Waals surface area contributed by atoms with E-state index in [1.54, 1.807) is 18.0 Å². The van der Waals surface area contributed by atoms with E-state index in [9.17, 15) is 13.2 Å². The molecular formula is C20H28N2O4S2. The monoisotopic (exact) mass is 424 g/mol. The lowest BCUT2D eigenvalue weighted by atomic mass is 10.1. The molecule has 0 unspecified atom stereocenters. The molecule has 1 N–H and O–H groups in total. The summed E-state index contributed by atoms with van der Waals surface area (Å²) in [6, 6.07) is 8.58. The van der Waals surface area contributed by atoms with E-state index in [1.165, 1.54) is 4.31 Å². The number of furan rings is 1. The summed E-state index contributed by atoms with van der Waals surface area (Å²) in [6.07, 6.45) is 3.16. The normalized spacial score (nSPS) is 12.6. The minimum absolute atomic E-state index is 0.285. The van der Waals surface area contributed by atoms with Crippen LogP contribution in [-0.4, -0.2) is 38.9 Å². The van der Waals surface area contributed by atoms with Crippen LogP contribution in [-0.2, 0) is 20.6 Å². The molecule has 0 fully saturated rings. The molecule has 1 heterocycles. The number of sulfonamides is 1.